The van der Waals surface area contributed by atoms with E-state index in [9.17, 15) is 10.2 Å². The molecule has 0 radical (unpaired) electrons. The second kappa shape index (κ2) is 10.4. The molecule has 0 spiro atoms. The first-order valence-electron chi connectivity index (χ1n) is 12.7. The van der Waals surface area contributed by atoms with E-state index in [4.69, 9.17) is 9.97 Å². The van der Waals surface area contributed by atoms with Crippen molar-refractivity contribution in [2.24, 2.45) is 0 Å². The fourth-order valence-corrected chi connectivity index (χ4v) is 5.19. The standard InChI is InChI=1S/C34H23N3O2.Pt/c38-30-17-9-7-15-25(30)28-21-27(22-11-3-1-4-12-22)24-19-20-29-33(32(24)35-28)36-34(26-16-8-10-18-31(26)39)37(29)23-13-5-2-6-14-23;/h1-21,38-39H;. The van der Waals surface area contributed by atoms with Crippen LogP contribution in [0.25, 0.3) is 61.4 Å². The Bertz CT molecular complexity index is 1990. The quantitative estimate of drug-likeness (QED) is 0.196. The predicted octanol–water partition coefficient (Wildman–Crippen LogP) is 7.98. The Hall–Kier alpha value is -4.73. The van der Waals surface area contributed by atoms with E-state index in [1.54, 1.807) is 24.3 Å². The summed E-state index contributed by atoms with van der Waals surface area (Å²) < 4.78 is 2.06. The molecule has 0 bridgehead atoms. The molecule has 0 saturated carbocycles. The molecule has 2 N–H and O–H groups in total. The molecule has 7 rings (SSSR count). The summed E-state index contributed by atoms with van der Waals surface area (Å²) in [5, 5.41) is 22.4. The molecular formula is C34H23N3O2Pt. The summed E-state index contributed by atoms with van der Waals surface area (Å²) in [6, 6.07) is 40.8. The van der Waals surface area contributed by atoms with Crippen molar-refractivity contribution in [1.82, 2.24) is 14.5 Å². The van der Waals surface area contributed by atoms with Crippen LogP contribution in [-0.4, -0.2) is 24.7 Å². The Morgan fingerprint density at radius 3 is 1.80 bits per heavy atom. The number of imidazole rings is 1. The largest absolute Gasteiger partial charge is 0.507 e. The fourth-order valence-electron chi connectivity index (χ4n) is 5.19. The van der Waals surface area contributed by atoms with Crippen LogP contribution in [0.15, 0.2) is 127 Å². The summed E-state index contributed by atoms with van der Waals surface area (Å²) in [7, 11) is 0. The van der Waals surface area contributed by atoms with Gasteiger partial charge in [-0.2, -0.15) is 0 Å². The van der Waals surface area contributed by atoms with Crippen LogP contribution in [-0.2, 0) is 21.1 Å². The minimum Gasteiger partial charge on any atom is -0.507 e. The monoisotopic (exact) mass is 700 g/mol. The third-order valence-corrected chi connectivity index (χ3v) is 7.03. The Morgan fingerprint density at radius 1 is 0.525 bits per heavy atom. The molecule has 196 valence electrons. The summed E-state index contributed by atoms with van der Waals surface area (Å²) in [4.78, 5) is 10.2. The van der Waals surface area contributed by atoms with Crippen LogP contribution in [0.4, 0.5) is 0 Å². The van der Waals surface area contributed by atoms with Crippen molar-refractivity contribution in [3.05, 3.63) is 127 Å². The Kier molecular flexibility index (Phi) is 6.67. The van der Waals surface area contributed by atoms with Crippen molar-refractivity contribution < 1.29 is 31.3 Å². The van der Waals surface area contributed by atoms with E-state index in [0.717, 1.165) is 33.2 Å². The zero-order valence-electron chi connectivity index (χ0n) is 21.2. The van der Waals surface area contributed by atoms with Crippen LogP contribution in [0.5, 0.6) is 11.5 Å². The van der Waals surface area contributed by atoms with Crippen molar-refractivity contribution in [2.45, 2.75) is 0 Å². The number of fused-ring (bicyclic) bond motifs is 3. The summed E-state index contributed by atoms with van der Waals surface area (Å²) in [6.45, 7) is 0. The summed E-state index contributed by atoms with van der Waals surface area (Å²) in [5.74, 6) is 0.945. The third kappa shape index (κ3) is 4.25. The van der Waals surface area contributed by atoms with E-state index in [2.05, 4.69) is 28.8 Å². The number of hydrogen-bond acceptors (Lipinski definition) is 4. The number of para-hydroxylation sites is 3. The number of rotatable bonds is 4. The number of aromatic hydroxyl groups is 2. The zero-order valence-corrected chi connectivity index (χ0v) is 23.4. The number of pyridine rings is 1. The maximum absolute atomic E-state index is 10.8. The molecule has 40 heavy (non-hydrogen) atoms. The van der Waals surface area contributed by atoms with Crippen LogP contribution >= 0.6 is 0 Å². The van der Waals surface area contributed by atoms with Crippen LogP contribution in [0.3, 0.4) is 0 Å². The van der Waals surface area contributed by atoms with E-state index >= 15 is 0 Å². The van der Waals surface area contributed by atoms with E-state index < -0.39 is 0 Å². The van der Waals surface area contributed by atoms with Gasteiger partial charge in [0, 0.05) is 37.7 Å². The van der Waals surface area contributed by atoms with Crippen LogP contribution in [0.1, 0.15) is 0 Å². The van der Waals surface area contributed by atoms with E-state index in [1.807, 2.05) is 78.9 Å². The average Bonchev–Trinajstić information content (AvgIpc) is 3.38. The minimum atomic E-state index is 0. The first kappa shape index (κ1) is 25.5. The van der Waals surface area contributed by atoms with Gasteiger partial charge in [0.1, 0.15) is 22.8 Å². The maximum Gasteiger partial charge on any atom is 0.149 e. The summed E-state index contributed by atoms with van der Waals surface area (Å²) in [6.07, 6.45) is 0. The van der Waals surface area contributed by atoms with Gasteiger partial charge in [-0.05, 0) is 65.7 Å². The molecule has 0 aliphatic carbocycles. The first-order chi connectivity index (χ1) is 19.2. The number of benzene rings is 5. The van der Waals surface area contributed by atoms with Crippen molar-refractivity contribution in [1.29, 1.82) is 0 Å². The smallest absolute Gasteiger partial charge is 0.149 e. The maximum atomic E-state index is 10.8. The predicted molar refractivity (Wildman–Crippen MR) is 156 cm³/mol. The molecule has 5 aromatic carbocycles. The number of hydrogen-bond donors (Lipinski definition) is 2. The van der Waals surface area contributed by atoms with Gasteiger partial charge in [0.25, 0.3) is 0 Å². The molecule has 0 amide bonds. The van der Waals surface area contributed by atoms with E-state index in [1.165, 1.54) is 0 Å². The third-order valence-electron chi connectivity index (χ3n) is 7.03. The van der Waals surface area contributed by atoms with Gasteiger partial charge in [-0.25, -0.2) is 9.97 Å². The Morgan fingerprint density at radius 2 is 1.12 bits per heavy atom. The van der Waals surface area contributed by atoms with Gasteiger partial charge in [0.2, 0.25) is 0 Å². The van der Waals surface area contributed by atoms with E-state index in [-0.39, 0.29) is 32.6 Å². The second-order valence-corrected chi connectivity index (χ2v) is 9.39. The average molecular weight is 701 g/mol. The molecule has 7 aromatic rings. The molecule has 0 atom stereocenters. The van der Waals surface area contributed by atoms with Gasteiger partial charge in [0.15, 0.2) is 0 Å². The van der Waals surface area contributed by atoms with Gasteiger partial charge in [-0.15, -0.1) is 0 Å². The molecule has 0 saturated heterocycles. The molecule has 5 nitrogen and oxygen atoms in total. The van der Waals surface area contributed by atoms with Crippen molar-refractivity contribution in [3.8, 4) is 51.0 Å². The molecule has 0 aliphatic heterocycles. The zero-order chi connectivity index (χ0) is 26.3. The van der Waals surface area contributed by atoms with Crippen molar-refractivity contribution in [3.63, 3.8) is 0 Å². The topological polar surface area (TPSA) is 71.2 Å². The molecule has 0 aliphatic rings. The molecule has 6 heteroatoms. The number of phenolic OH excluding ortho intramolecular Hbond substituents is 2. The van der Waals surface area contributed by atoms with Gasteiger partial charge in [0.05, 0.1) is 22.3 Å². The molecule has 2 aromatic heterocycles. The number of aromatic nitrogens is 3. The molecule has 2 heterocycles. The number of nitrogens with zero attached hydrogens (tertiary/aromatic N) is 3. The molecule has 0 fully saturated rings. The molecule has 0 unspecified atom stereocenters. The van der Waals surface area contributed by atoms with E-state index in [0.29, 0.717) is 28.2 Å². The normalized spacial score (nSPS) is 11.0. The van der Waals surface area contributed by atoms with Crippen molar-refractivity contribution in [2.75, 3.05) is 0 Å². The number of phenols is 2. The summed E-state index contributed by atoms with van der Waals surface area (Å²) in [5.41, 5.74) is 7.21. The Labute approximate surface area is 245 Å². The van der Waals surface area contributed by atoms with Crippen molar-refractivity contribution >= 4 is 21.9 Å². The fraction of sp³-hybridized carbons (Fsp3) is 0. The van der Waals surface area contributed by atoms with Crippen LogP contribution in [0.2, 0.25) is 0 Å². The van der Waals surface area contributed by atoms with Crippen LogP contribution in [0, 0.1) is 0 Å². The van der Waals surface area contributed by atoms with Gasteiger partial charge in [-0.3, -0.25) is 4.57 Å². The van der Waals surface area contributed by atoms with Crippen LogP contribution < -0.4 is 0 Å². The summed E-state index contributed by atoms with van der Waals surface area (Å²) >= 11 is 0. The molecular weight excluding hydrogens is 677 g/mol. The first-order valence-corrected chi connectivity index (χ1v) is 12.7. The van der Waals surface area contributed by atoms with Gasteiger partial charge < -0.3 is 10.2 Å². The Balaban J connectivity index is 0.00000289. The SMILES string of the molecule is Oc1ccccc1-c1cc(-c2ccccc2)c2ccc3c(nc(-c4ccccc4O)n3-c3ccccc3)c2n1.[Pt]. The second-order valence-electron chi connectivity index (χ2n) is 9.39. The van der Waals surface area contributed by atoms with Gasteiger partial charge in [-0.1, -0.05) is 72.8 Å². The minimum absolute atomic E-state index is 0. The van der Waals surface area contributed by atoms with Gasteiger partial charge >= 0.3 is 0 Å².